The van der Waals surface area contributed by atoms with Crippen molar-refractivity contribution in [2.75, 3.05) is 13.2 Å². The summed E-state index contributed by atoms with van der Waals surface area (Å²) in [5.74, 6) is -0.369. The minimum atomic E-state index is -0.184. The molecule has 1 aliphatic heterocycles. The number of hydrogen-bond donors (Lipinski definition) is 0. The fourth-order valence-electron chi connectivity index (χ4n) is 3.41. The van der Waals surface area contributed by atoms with E-state index in [4.69, 9.17) is 4.74 Å². The van der Waals surface area contributed by atoms with E-state index >= 15 is 0 Å². The summed E-state index contributed by atoms with van der Waals surface area (Å²) >= 11 is 0. The third-order valence-corrected chi connectivity index (χ3v) is 4.84. The predicted octanol–water partition coefficient (Wildman–Crippen LogP) is 4.74. The fourth-order valence-corrected chi connectivity index (χ4v) is 3.41. The second-order valence-corrected chi connectivity index (χ2v) is 8.63. The normalized spacial score (nSPS) is 15.0. The van der Waals surface area contributed by atoms with Crippen molar-refractivity contribution in [1.29, 1.82) is 0 Å². The molecule has 0 saturated carbocycles. The Kier molecular flexibility index (Phi) is 6.30. The number of hydrogen-bond acceptors (Lipinski definition) is 3. The number of carbonyl (C=O) groups excluding carboxylic acids is 2. The lowest BCUT2D eigenvalue weighted by molar-refractivity contribution is 0.00283. The molecule has 2 amide bonds. The first-order valence-electron chi connectivity index (χ1n) is 9.96. The van der Waals surface area contributed by atoms with Gasteiger partial charge in [0.25, 0.3) is 11.8 Å². The van der Waals surface area contributed by atoms with Gasteiger partial charge in [0.05, 0.1) is 23.8 Å². The van der Waals surface area contributed by atoms with Crippen LogP contribution in [0, 0.1) is 5.41 Å². The van der Waals surface area contributed by atoms with Crippen LogP contribution in [0.15, 0.2) is 54.6 Å². The molecule has 0 bridgehead atoms. The molecule has 1 unspecified atom stereocenters. The first kappa shape index (κ1) is 20.3. The Bertz CT molecular complexity index is 788. The highest BCUT2D eigenvalue weighted by atomic mass is 16.5. The number of imide groups is 1. The highest BCUT2D eigenvalue weighted by Gasteiger charge is 2.34. The van der Waals surface area contributed by atoms with Gasteiger partial charge in [0.15, 0.2) is 0 Å². The number of benzene rings is 2. The van der Waals surface area contributed by atoms with Gasteiger partial charge in [-0.15, -0.1) is 0 Å². The lowest BCUT2D eigenvalue weighted by atomic mass is 9.98. The Morgan fingerprint density at radius 2 is 1.46 bits per heavy atom. The summed E-state index contributed by atoms with van der Waals surface area (Å²) in [6, 6.07) is 17.3. The van der Waals surface area contributed by atoms with E-state index in [1.165, 1.54) is 10.5 Å². The Balaban J connectivity index is 1.59. The molecule has 1 heterocycles. The van der Waals surface area contributed by atoms with Gasteiger partial charge >= 0.3 is 0 Å². The quantitative estimate of drug-likeness (QED) is 0.623. The van der Waals surface area contributed by atoms with Crippen LogP contribution in [-0.4, -0.2) is 36.0 Å². The number of nitrogens with zero attached hydrogens (tertiary/aromatic N) is 1. The van der Waals surface area contributed by atoms with Gasteiger partial charge in [-0.2, -0.15) is 0 Å². The van der Waals surface area contributed by atoms with E-state index < -0.39 is 0 Å². The lowest BCUT2D eigenvalue weighted by Gasteiger charge is -2.25. The van der Waals surface area contributed by atoms with Crippen LogP contribution >= 0.6 is 0 Å². The van der Waals surface area contributed by atoms with E-state index in [1.807, 2.05) is 18.2 Å². The van der Waals surface area contributed by atoms with Crippen molar-refractivity contribution in [3.8, 4) is 0 Å². The molecule has 0 radical (unpaired) electrons. The molecule has 0 N–H and O–H groups in total. The number of fused-ring (bicyclic) bond motifs is 1. The van der Waals surface area contributed by atoms with Crippen molar-refractivity contribution in [3.63, 3.8) is 0 Å². The predicted molar refractivity (Wildman–Crippen MR) is 110 cm³/mol. The first-order chi connectivity index (χ1) is 13.3. The van der Waals surface area contributed by atoms with Crippen LogP contribution in [0.1, 0.15) is 59.9 Å². The molecule has 3 rings (SSSR count). The maximum Gasteiger partial charge on any atom is 0.261 e. The molecule has 0 spiro atoms. The van der Waals surface area contributed by atoms with E-state index in [-0.39, 0.29) is 23.3 Å². The molecule has 1 aliphatic rings. The van der Waals surface area contributed by atoms with Gasteiger partial charge in [-0.05, 0) is 42.4 Å². The SMILES string of the molecule is CC(C)(C)COC(CCCN1C(=O)c2ccccc2C1=O)Cc1ccccc1. The maximum atomic E-state index is 12.5. The number of ether oxygens (including phenoxy) is 1. The molecule has 28 heavy (non-hydrogen) atoms. The Labute approximate surface area is 167 Å². The zero-order valence-electron chi connectivity index (χ0n) is 17.0. The van der Waals surface area contributed by atoms with Crippen LogP contribution in [0.3, 0.4) is 0 Å². The van der Waals surface area contributed by atoms with Crippen molar-refractivity contribution >= 4 is 11.8 Å². The Hall–Kier alpha value is -2.46. The summed E-state index contributed by atoms with van der Waals surface area (Å²) < 4.78 is 6.20. The molecule has 0 saturated heterocycles. The number of rotatable bonds is 8. The van der Waals surface area contributed by atoms with Crippen molar-refractivity contribution in [2.45, 2.75) is 46.1 Å². The second-order valence-electron chi connectivity index (χ2n) is 8.63. The minimum Gasteiger partial charge on any atom is -0.377 e. The van der Waals surface area contributed by atoms with E-state index in [2.05, 4.69) is 32.9 Å². The van der Waals surface area contributed by atoms with Gasteiger partial charge < -0.3 is 4.74 Å². The highest BCUT2D eigenvalue weighted by Crippen LogP contribution is 2.24. The zero-order valence-corrected chi connectivity index (χ0v) is 17.0. The molecular weight excluding hydrogens is 350 g/mol. The number of amides is 2. The third-order valence-electron chi connectivity index (χ3n) is 4.84. The average molecular weight is 380 g/mol. The van der Waals surface area contributed by atoms with Gasteiger partial charge in [-0.3, -0.25) is 14.5 Å². The van der Waals surface area contributed by atoms with Crippen LogP contribution in [0.4, 0.5) is 0 Å². The zero-order chi connectivity index (χ0) is 20.1. The minimum absolute atomic E-state index is 0.0665. The summed E-state index contributed by atoms with van der Waals surface area (Å²) in [7, 11) is 0. The number of carbonyl (C=O) groups is 2. The van der Waals surface area contributed by atoms with Crippen molar-refractivity contribution in [2.24, 2.45) is 5.41 Å². The van der Waals surface area contributed by atoms with E-state index in [9.17, 15) is 9.59 Å². The van der Waals surface area contributed by atoms with Crippen LogP contribution < -0.4 is 0 Å². The molecular formula is C24H29NO3. The molecule has 4 heteroatoms. The monoisotopic (exact) mass is 379 g/mol. The lowest BCUT2D eigenvalue weighted by Crippen LogP contribution is -2.32. The topological polar surface area (TPSA) is 46.6 Å². The molecule has 1 atom stereocenters. The largest absolute Gasteiger partial charge is 0.377 e. The van der Waals surface area contributed by atoms with Crippen LogP contribution in [0.5, 0.6) is 0 Å². The van der Waals surface area contributed by atoms with Gasteiger partial charge in [0, 0.05) is 6.54 Å². The highest BCUT2D eigenvalue weighted by molar-refractivity contribution is 6.21. The summed E-state index contributed by atoms with van der Waals surface area (Å²) in [6.07, 6.45) is 2.43. The van der Waals surface area contributed by atoms with Gasteiger partial charge in [0.1, 0.15) is 0 Å². The summed E-state index contributed by atoms with van der Waals surface area (Å²) in [5, 5.41) is 0. The van der Waals surface area contributed by atoms with Crippen molar-refractivity contribution in [3.05, 3.63) is 71.3 Å². The maximum absolute atomic E-state index is 12.5. The van der Waals surface area contributed by atoms with Crippen molar-refractivity contribution in [1.82, 2.24) is 4.90 Å². The average Bonchev–Trinajstić information content (AvgIpc) is 2.91. The Morgan fingerprint density at radius 1 is 0.893 bits per heavy atom. The summed E-state index contributed by atoms with van der Waals surface area (Å²) in [6.45, 7) is 7.58. The van der Waals surface area contributed by atoms with Crippen LogP contribution in [-0.2, 0) is 11.2 Å². The van der Waals surface area contributed by atoms with E-state index in [1.54, 1.807) is 24.3 Å². The molecule has 0 aliphatic carbocycles. The van der Waals surface area contributed by atoms with Crippen LogP contribution in [0.25, 0.3) is 0 Å². The molecule has 148 valence electrons. The van der Waals surface area contributed by atoms with Gasteiger partial charge in [0.2, 0.25) is 0 Å². The van der Waals surface area contributed by atoms with Crippen LogP contribution in [0.2, 0.25) is 0 Å². The smallest absolute Gasteiger partial charge is 0.261 e. The standard InChI is InChI=1S/C24H29NO3/c1-24(2,3)17-28-19(16-18-10-5-4-6-11-18)12-9-15-25-22(26)20-13-7-8-14-21(20)23(25)27/h4-8,10-11,13-14,19H,9,12,15-17H2,1-3H3. The Morgan fingerprint density at radius 3 is 2.04 bits per heavy atom. The fraction of sp³-hybridized carbons (Fsp3) is 0.417. The van der Waals surface area contributed by atoms with Gasteiger partial charge in [-0.1, -0.05) is 63.2 Å². The first-order valence-corrected chi connectivity index (χ1v) is 9.96. The van der Waals surface area contributed by atoms with E-state index in [0.29, 0.717) is 24.3 Å². The van der Waals surface area contributed by atoms with Gasteiger partial charge in [-0.25, -0.2) is 0 Å². The molecule has 0 aromatic heterocycles. The molecule has 4 nitrogen and oxygen atoms in total. The summed E-state index contributed by atoms with van der Waals surface area (Å²) in [4.78, 5) is 26.4. The molecule has 2 aromatic carbocycles. The molecule has 0 fully saturated rings. The second kappa shape index (κ2) is 8.70. The van der Waals surface area contributed by atoms with Crippen molar-refractivity contribution < 1.29 is 14.3 Å². The molecule has 2 aromatic rings. The van der Waals surface area contributed by atoms with E-state index in [0.717, 1.165) is 19.3 Å². The third kappa shape index (κ3) is 5.08. The summed E-state index contributed by atoms with van der Waals surface area (Å²) in [5.41, 5.74) is 2.36.